The van der Waals surface area contributed by atoms with Gasteiger partial charge < -0.3 is 9.64 Å². The third kappa shape index (κ3) is 3.90. The van der Waals surface area contributed by atoms with Gasteiger partial charge in [-0.25, -0.2) is 4.39 Å². The fourth-order valence-electron chi connectivity index (χ4n) is 6.33. The van der Waals surface area contributed by atoms with Crippen LogP contribution in [-0.4, -0.2) is 69.9 Å². The van der Waals surface area contributed by atoms with E-state index in [2.05, 4.69) is 14.6 Å². The SMILES string of the molecule is O=C1C=C(F)/C2=C(\Cl)C=NCC3=C(C2=C1)C(C(=O)OCC(=O)c1ccc2snnc2c1)CN1C(=O)CC2(CC2)C31. The van der Waals surface area contributed by atoms with Gasteiger partial charge in [-0.1, -0.05) is 16.1 Å². The molecular weight excluding hydrogens is 559 g/mol. The number of nitrogens with zero attached hydrogens (tertiary/aromatic N) is 4. The highest BCUT2D eigenvalue weighted by atomic mass is 35.5. The topological polar surface area (TPSA) is 119 Å². The summed E-state index contributed by atoms with van der Waals surface area (Å²) in [4.78, 5) is 58.3. The molecule has 1 saturated carbocycles. The number of amides is 1. The Bertz CT molecular complexity index is 1720. The Balaban J connectivity index is 1.27. The molecule has 3 aliphatic heterocycles. The maximum absolute atomic E-state index is 15.2. The van der Waals surface area contributed by atoms with E-state index >= 15 is 4.39 Å². The van der Waals surface area contributed by atoms with E-state index in [4.69, 9.17) is 16.3 Å². The molecule has 2 aliphatic carbocycles. The molecule has 4 heterocycles. The lowest BCUT2D eigenvalue weighted by molar-refractivity contribution is -0.147. The number of carbonyl (C=O) groups is 4. The van der Waals surface area contributed by atoms with Gasteiger partial charge in [-0.15, -0.1) is 5.10 Å². The fraction of sp³-hybridized carbons (Fsp3) is 0.321. The van der Waals surface area contributed by atoms with E-state index in [-0.39, 0.29) is 46.6 Å². The van der Waals surface area contributed by atoms with Crippen LogP contribution in [0.1, 0.15) is 29.6 Å². The first-order valence-electron chi connectivity index (χ1n) is 12.7. The van der Waals surface area contributed by atoms with Gasteiger partial charge in [0.15, 0.2) is 18.2 Å². The number of halogens is 2. The van der Waals surface area contributed by atoms with Crippen molar-refractivity contribution in [1.29, 1.82) is 0 Å². The van der Waals surface area contributed by atoms with Crippen LogP contribution in [0.5, 0.6) is 0 Å². The number of carbonyl (C=O) groups excluding carboxylic acids is 4. The van der Waals surface area contributed by atoms with E-state index in [1.165, 1.54) is 23.8 Å². The number of aromatic nitrogens is 2. The van der Waals surface area contributed by atoms with Crippen LogP contribution in [0.25, 0.3) is 10.2 Å². The number of fused-ring (bicyclic) bond motifs is 6. The Labute approximate surface area is 235 Å². The van der Waals surface area contributed by atoms with Crippen LogP contribution >= 0.6 is 23.1 Å². The predicted molar refractivity (Wildman–Crippen MR) is 144 cm³/mol. The highest BCUT2D eigenvalue weighted by Gasteiger charge is 2.62. The minimum atomic E-state index is -1.07. The summed E-state index contributed by atoms with van der Waals surface area (Å²) < 4.78 is 25.4. The summed E-state index contributed by atoms with van der Waals surface area (Å²) in [7, 11) is 0. The van der Waals surface area contributed by atoms with E-state index in [1.54, 1.807) is 23.1 Å². The monoisotopic (exact) mass is 578 g/mol. The van der Waals surface area contributed by atoms with Crippen LogP contribution < -0.4 is 0 Å². The molecule has 1 saturated heterocycles. The minimum absolute atomic E-state index is 0.000620. The Morgan fingerprint density at radius 2 is 2.05 bits per heavy atom. The fourth-order valence-corrected chi connectivity index (χ4v) is 7.13. The first-order valence-corrected chi connectivity index (χ1v) is 13.9. The van der Waals surface area contributed by atoms with Crippen molar-refractivity contribution in [2.75, 3.05) is 19.7 Å². The number of Topliss-reactive ketones (excluding diaryl/α,β-unsaturated/α-hetero) is 1. The van der Waals surface area contributed by atoms with Gasteiger partial charge in [0.2, 0.25) is 5.91 Å². The molecule has 0 N–H and O–H groups in total. The van der Waals surface area contributed by atoms with Crippen LogP contribution in [0.4, 0.5) is 4.39 Å². The van der Waals surface area contributed by atoms with E-state index in [9.17, 15) is 19.2 Å². The minimum Gasteiger partial charge on any atom is -0.457 e. The number of ketones is 2. The van der Waals surface area contributed by atoms with Gasteiger partial charge in [-0.2, -0.15) is 0 Å². The molecule has 1 amide bonds. The first-order chi connectivity index (χ1) is 19.3. The summed E-state index contributed by atoms with van der Waals surface area (Å²) >= 11 is 7.62. The van der Waals surface area contributed by atoms with Gasteiger partial charge in [0.25, 0.3) is 0 Å². The van der Waals surface area contributed by atoms with Crippen molar-refractivity contribution in [2.45, 2.75) is 25.3 Å². The van der Waals surface area contributed by atoms with Crippen LogP contribution in [0, 0.1) is 11.3 Å². The molecule has 2 fully saturated rings. The lowest BCUT2D eigenvalue weighted by Gasteiger charge is -2.41. The zero-order valence-corrected chi connectivity index (χ0v) is 22.4. The molecule has 1 spiro atoms. The van der Waals surface area contributed by atoms with Crippen LogP contribution in [0.2, 0.25) is 0 Å². The Morgan fingerprint density at radius 3 is 2.85 bits per heavy atom. The molecule has 12 heteroatoms. The van der Waals surface area contributed by atoms with E-state index in [0.29, 0.717) is 28.6 Å². The van der Waals surface area contributed by atoms with E-state index < -0.39 is 35.9 Å². The number of benzene rings is 1. The van der Waals surface area contributed by atoms with Crippen molar-refractivity contribution < 1.29 is 28.3 Å². The summed E-state index contributed by atoms with van der Waals surface area (Å²) in [5.74, 6) is -3.75. The standard InChI is InChI=1S/C28H20ClFN4O5S/c29-18-10-31-9-16-24(15-6-14(35)7-19(30)25(15)18)17(11-34-23(37)8-28(3-4-28)26(16)34)27(38)39-12-21(36)13-1-2-22-20(5-13)32-33-40-22/h1-2,5-7,10,17,26H,3-4,8-9,11-12H2/b25-18-,31-10?. The second-order valence-electron chi connectivity index (χ2n) is 10.6. The molecular formula is C28H20ClFN4O5S. The van der Waals surface area contributed by atoms with Gasteiger partial charge in [-0.3, -0.25) is 24.2 Å². The normalized spacial score (nSPS) is 26.6. The van der Waals surface area contributed by atoms with Crippen molar-refractivity contribution in [3.8, 4) is 0 Å². The molecule has 2 aromatic rings. The van der Waals surface area contributed by atoms with Gasteiger partial charge in [0.05, 0.1) is 22.3 Å². The van der Waals surface area contributed by atoms with E-state index in [0.717, 1.165) is 23.6 Å². The van der Waals surface area contributed by atoms with Crippen LogP contribution in [0.3, 0.4) is 0 Å². The summed E-state index contributed by atoms with van der Waals surface area (Å²) in [5, 5.41) is 3.97. The first kappa shape index (κ1) is 25.2. The quantitative estimate of drug-likeness (QED) is 0.401. The number of rotatable bonds is 4. The van der Waals surface area contributed by atoms with Crippen LogP contribution in [0.15, 0.2) is 68.5 Å². The molecule has 2 unspecified atom stereocenters. The number of aliphatic imine (C=N–C) groups is 1. The molecule has 1 aromatic heterocycles. The second-order valence-corrected chi connectivity index (χ2v) is 11.8. The van der Waals surface area contributed by atoms with Gasteiger partial charge in [-0.05, 0) is 65.4 Å². The summed E-state index contributed by atoms with van der Waals surface area (Å²) in [6.45, 7) is -0.439. The molecule has 5 aliphatic rings. The van der Waals surface area contributed by atoms with Gasteiger partial charge >= 0.3 is 5.97 Å². The number of allylic oxidation sites excluding steroid dienone is 6. The zero-order valence-electron chi connectivity index (χ0n) is 20.9. The number of esters is 1. The van der Waals surface area contributed by atoms with Crippen molar-refractivity contribution in [3.05, 3.63) is 69.1 Å². The Morgan fingerprint density at radius 1 is 1.23 bits per heavy atom. The molecule has 0 bridgehead atoms. The molecule has 0 radical (unpaired) electrons. The average Bonchev–Trinajstić information content (AvgIpc) is 3.42. The third-order valence-electron chi connectivity index (χ3n) is 8.27. The lowest BCUT2D eigenvalue weighted by atomic mass is 9.74. The highest BCUT2D eigenvalue weighted by molar-refractivity contribution is 7.12. The van der Waals surface area contributed by atoms with E-state index in [1.807, 2.05) is 0 Å². The summed E-state index contributed by atoms with van der Waals surface area (Å²) in [5.41, 5.74) is 1.85. The molecule has 9 nitrogen and oxygen atoms in total. The number of hydrogen-bond acceptors (Lipinski definition) is 9. The summed E-state index contributed by atoms with van der Waals surface area (Å²) in [6.07, 6.45) is 5.49. The molecule has 7 rings (SSSR count). The molecule has 1 aromatic carbocycles. The Kier molecular flexibility index (Phi) is 5.72. The van der Waals surface area contributed by atoms with Gasteiger partial charge in [0.1, 0.15) is 17.3 Å². The molecule has 2 atom stereocenters. The van der Waals surface area contributed by atoms with Crippen molar-refractivity contribution in [3.63, 3.8) is 0 Å². The van der Waals surface area contributed by atoms with Crippen molar-refractivity contribution in [2.24, 2.45) is 16.3 Å². The van der Waals surface area contributed by atoms with Crippen molar-refractivity contribution >= 4 is 63.0 Å². The van der Waals surface area contributed by atoms with Gasteiger partial charge in [0, 0.05) is 41.8 Å². The zero-order chi connectivity index (χ0) is 27.8. The Hall–Kier alpha value is -3.83. The van der Waals surface area contributed by atoms with Crippen molar-refractivity contribution in [1.82, 2.24) is 14.5 Å². The maximum Gasteiger partial charge on any atom is 0.315 e. The smallest absolute Gasteiger partial charge is 0.315 e. The predicted octanol–water partition coefficient (Wildman–Crippen LogP) is 3.66. The molecule has 202 valence electrons. The lowest BCUT2D eigenvalue weighted by Crippen LogP contribution is -2.49. The summed E-state index contributed by atoms with van der Waals surface area (Å²) in [6, 6.07) is 4.60. The number of hydrogen-bond donors (Lipinski definition) is 0. The highest BCUT2D eigenvalue weighted by Crippen LogP contribution is 2.62. The second kappa shape index (κ2) is 9.10. The van der Waals surface area contributed by atoms with Crippen LogP contribution in [-0.2, 0) is 19.1 Å². The third-order valence-corrected chi connectivity index (χ3v) is 9.26. The molecule has 40 heavy (non-hydrogen) atoms. The largest absolute Gasteiger partial charge is 0.457 e. The average molecular weight is 579 g/mol. The maximum atomic E-state index is 15.2. The number of ether oxygens (including phenoxy) is 1.